The number of aromatic nitrogens is 2. The van der Waals surface area contributed by atoms with Crippen LogP contribution in [-0.2, 0) is 19.6 Å². The number of benzene rings is 4. The predicted molar refractivity (Wildman–Crippen MR) is 157 cm³/mol. The summed E-state index contributed by atoms with van der Waals surface area (Å²) in [6, 6.07) is 24.4. The molecule has 1 aliphatic heterocycles. The number of carbonyl (C=O) groups is 1. The molecule has 6 rings (SSSR count). The molecule has 5 aromatic rings. The summed E-state index contributed by atoms with van der Waals surface area (Å²) in [7, 11) is 0. The minimum Gasteiger partial charge on any atom is -0.454 e. The van der Waals surface area contributed by atoms with Gasteiger partial charge in [0.25, 0.3) is 11.5 Å². The van der Waals surface area contributed by atoms with Crippen LogP contribution in [0, 0.1) is 0 Å². The molecule has 0 fully saturated rings. The normalized spacial score (nSPS) is 12.0. The second-order valence-corrected chi connectivity index (χ2v) is 10.4. The number of amides is 1. The molecule has 0 atom stereocenters. The van der Waals surface area contributed by atoms with E-state index in [1.807, 2.05) is 30.3 Å². The van der Waals surface area contributed by atoms with Gasteiger partial charge in [-0.25, -0.2) is 4.79 Å². The summed E-state index contributed by atoms with van der Waals surface area (Å²) in [5, 5.41) is 4.17. The Bertz CT molecular complexity index is 1930. The monoisotopic (exact) mass is 587 g/mol. The molecule has 2 heterocycles. The molecule has 1 N–H and O–H groups in total. The summed E-state index contributed by atoms with van der Waals surface area (Å²) in [4.78, 5) is 40.6. The van der Waals surface area contributed by atoms with Crippen molar-refractivity contribution in [3.63, 3.8) is 0 Å². The SMILES string of the molecule is O=C(NCc1ccccc1Cl)c1ccc2c(=O)n(Cc3ccc4c(c3)OCO4)c(=O)n(Cc3ccccc3Cl)c2c1. The molecule has 1 aromatic heterocycles. The van der Waals surface area contributed by atoms with Crippen LogP contribution in [0.2, 0.25) is 10.0 Å². The summed E-state index contributed by atoms with van der Waals surface area (Å²) < 4.78 is 13.5. The molecule has 10 heteroatoms. The van der Waals surface area contributed by atoms with Gasteiger partial charge in [-0.15, -0.1) is 0 Å². The highest BCUT2D eigenvalue weighted by Crippen LogP contribution is 2.32. The third-order valence-electron chi connectivity index (χ3n) is 6.95. The van der Waals surface area contributed by atoms with E-state index in [4.69, 9.17) is 32.7 Å². The number of hydrogen-bond donors (Lipinski definition) is 1. The van der Waals surface area contributed by atoms with E-state index in [2.05, 4.69) is 5.32 Å². The Hall–Kier alpha value is -4.53. The largest absolute Gasteiger partial charge is 0.454 e. The van der Waals surface area contributed by atoms with E-state index in [-0.39, 0.29) is 32.3 Å². The van der Waals surface area contributed by atoms with Gasteiger partial charge in [0, 0.05) is 22.2 Å². The fraction of sp³-hybridized carbons (Fsp3) is 0.129. The molecule has 0 unspecified atom stereocenters. The lowest BCUT2D eigenvalue weighted by molar-refractivity contribution is 0.0951. The van der Waals surface area contributed by atoms with E-state index in [0.717, 1.165) is 5.56 Å². The number of nitrogens with zero attached hydrogens (tertiary/aromatic N) is 2. The molecule has 206 valence electrons. The molecule has 0 bridgehead atoms. The first kappa shape index (κ1) is 26.7. The van der Waals surface area contributed by atoms with Gasteiger partial charge in [-0.05, 0) is 59.2 Å². The van der Waals surface area contributed by atoms with E-state index < -0.39 is 11.2 Å². The zero-order chi connectivity index (χ0) is 28.5. The van der Waals surface area contributed by atoms with Crippen LogP contribution in [0.15, 0.2) is 94.5 Å². The summed E-state index contributed by atoms with van der Waals surface area (Å²) in [6.45, 7) is 0.460. The first-order valence-corrected chi connectivity index (χ1v) is 13.6. The number of ether oxygens (including phenoxy) is 2. The summed E-state index contributed by atoms with van der Waals surface area (Å²) in [5.41, 5.74) is 1.78. The van der Waals surface area contributed by atoms with Crippen molar-refractivity contribution >= 4 is 40.0 Å². The van der Waals surface area contributed by atoms with E-state index >= 15 is 0 Å². The van der Waals surface area contributed by atoms with Crippen molar-refractivity contribution in [2.45, 2.75) is 19.6 Å². The van der Waals surface area contributed by atoms with Gasteiger partial charge in [-0.2, -0.15) is 0 Å². The molecule has 0 aliphatic carbocycles. The molecular formula is C31H23Cl2N3O5. The summed E-state index contributed by atoms with van der Waals surface area (Å²) in [6.07, 6.45) is 0. The van der Waals surface area contributed by atoms with Crippen LogP contribution >= 0.6 is 23.2 Å². The molecule has 0 saturated heterocycles. The Balaban J connectivity index is 1.42. The maximum atomic E-state index is 13.9. The molecule has 0 radical (unpaired) electrons. The molecule has 0 saturated carbocycles. The number of hydrogen-bond acceptors (Lipinski definition) is 5. The van der Waals surface area contributed by atoms with Crippen molar-refractivity contribution in [3.8, 4) is 11.5 Å². The number of fused-ring (bicyclic) bond motifs is 2. The molecule has 0 spiro atoms. The minimum absolute atomic E-state index is 0.0207. The maximum absolute atomic E-state index is 13.9. The third-order valence-corrected chi connectivity index (χ3v) is 7.69. The average molecular weight is 588 g/mol. The Morgan fingerprint density at radius 3 is 2.24 bits per heavy atom. The van der Waals surface area contributed by atoms with Crippen LogP contribution in [0.25, 0.3) is 10.9 Å². The molecule has 8 nitrogen and oxygen atoms in total. The first-order chi connectivity index (χ1) is 19.9. The van der Waals surface area contributed by atoms with Crippen LogP contribution in [0.1, 0.15) is 27.0 Å². The topological polar surface area (TPSA) is 91.6 Å². The van der Waals surface area contributed by atoms with E-state index in [9.17, 15) is 14.4 Å². The van der Waals surface area contributed by atoms with Crippen molar-refractivity contribution in [1.82, 2.24) is 14.5 Å². The van der Waals surface area contributed by atoms with Crippen molar-refractivity contribution in [2.24, 2.45) is 0 Å². The van der Waals surface area contributed by atoms with Gasteiger partial charge < -0.3 is 14.8 Å². The Morgan fingerprint density at radius 1 is 0.780 bits per heavy atom. The minimum atomic E-state index is -0.534. The predicted octanol–water partition coefficient (Wildman–Crippen LogP) is 5.23. The van der Waals surface area contributed by atoms with E-state index in [1.165, 1.54) is 9.13 Å². The van der Waals surface area contributed by atoms with Crippen LogP contribution in [0.4, 0.5) is 0 Å². The van der Waals surface area contributed by atoms with Gasteiger partial charge in [0.15, 0.2) is 11.5 Å². The van der Waals surface area contributed by atoms with Crippen LogP contribution in [0.3, 0.4) is 0 Å². The lowest BCUT2D eigenvalue weighted by Gasteiger charge is -2.16. The molecule has 1 aliphatic rings. The second kappa shape index (κ2) is 11.2. The standard InChI is InChI=1S/C31H23Cl2N3O5/c32-24-7-3-1-5-21(24)15-34-29(37)20-10-11-23-26(14-20)35(17-22-6-2-4-8-25(22)33)31(39)36(30(23)38)16-19-9-12-27-28(13-19)41-18-40-27/h1-14H,15-18H2,(H,34,37). The number of halogens is 2. The quantitative estimate of drug-likeness (QED) is 0.282. The van der Waals surface area contributed by atoms with E-state index in [0.29, 0.717) is 49.1 Å². The van der Waals surface area contributed by atoms with Crippen molar-refractivity contribution in [2.75, 3.05) is 6.79 Å². The van der Waals surface area contributed by atoms with Gasteiger partial charge in [-0.3, -0.25) is 18.7 Å². The van der Waals surface area contributed by atoms with Crippen LogP contribution in [0.5, 0.6) is 11.5 Å². The Kier molecular flexibility index (Phi) is 7.26. The summed E-state index contributed by atoms with van der Waals surface area (Å²) >= 11 is 12.7. The lowest BCUT2D eigenvalue weighted by Crippen LogP contribution is -2.40. The summed E-state index contributed by atoms with van der Waals surface area (Å²) in [5.74, 6) is 0.796. The molecule has 41 heavy (non-hydrogen) atoms. The fourth-order valence-electron chi connectivity index (χ4n) is 4.79. The zero-order valence-corrected chi connectivity index (χ0v) is 23.1. The average Bonchev–Trinajstić information content (AvgIpc) is 3.45. The Morgan fingerprint density at radius 2 is 1.49 bits per heavy atom. The zero-order valence-electron chi connectivity index (χ0n) is 21.6. The molecule has 4 aromatic carbocycles. The fourth-order valence-corrected chi connectivity index (χ4v) is 5.19. The first-order valence-electron chi connectivity index (χ1n) is 12.8. The van der Waals surface area contributed by atoms with Crippen LogP contribution in [-0.4, -0.2) is 21.8 Å². The second-order valence-electron chi connectivity index (χ2n) is 9.55. The highest BCUT2D eigenvalue weighted by Gasteiger charge is 2.19. The molecule has 1 amide bonds. The van der Waals surface area contributed by atoms with Gasteiger partial charge >= 0.3 is 5.69 Å². The van der Waals surface area contributed by atoms with Gasteiger partial charge in [0.1, 0.15) is 0 Å². The van der Waals surface area contributed by atoms with Crippen LogP contribution < -0.4 is 26.0 Å². The van der Waals surface area contributed by atoms with Gasteiger partial charge in [0.05, 0.1) is 24.0 Å². The van der Waals surface area contributed by atoms with Crippen molar-refractivity contribution in [3.05, 3.63) is 138 Å². The highest BCUT2D eigenvalue weighted by atomic mass is 35.5. The highest BCUT2D eigenvalue weighted by molar-refractivity contribution is 6.31. The number of carbonyl (C=O) groups excluding carboxylic acids is 1. The number of nitrogens with one attached hydrogen (secondary N) is 1. The van der Waals surface area contributed by atoms with Crippen molar-refractivity contribution < 1.29 is 14.3 Å². The Labute approximate surface area is 244 Å². The lowest BCUT2D eigenvalue weighted by atomic mass is 10.1. The third kappa shape index (κ3) is 5.31. The smallest absolute Gasteiger partial charge is 0.332 e. The van der Waals surface area contributed by atoms with Gasteiger partial charge in [0.2, 0.25) is 6.79 Å². The molecular weight excluding hydrogens is 565 g/mol. The number of rotatable bonds is 7. The maximum Gasteiger partial charge on any atom is 0.332 e. The van der Waals surface area contributed by atoms with Crippen molar-refractivity contribution in [1.29, 1.82) is 0 Å². The van der Waals surface area contributed by atoms with Gasteiger partial charge in [-0.1, -0.05) is 65.7 Å². The van der Waals surface area contributed by atoms with E-state index in [1.54, 1.807) is 54.6 Å².